The van der Waals surface area contributed by atoms with Crippen molar-refractivity contribution in [3.05, 3.63) is 0 Å². The molecule has 8 atom stereocenters. The molecule has 0 heterocycles. The number of hydrogen-bond acceptors (Lipinski definition) is 41. The molecule has 0 amide bonds. The Morgan fingerprint density at radius 1 is 0.284 bits per heavy atom. The number of alkyl halides is 1. The van der Waals surface area contributed by atoms with E-state index in [9.17, 15) is 97.9 Å². The molecule has 0 aromatic rings. The zero-order chi connectivity index (χ0) is 116. The molecule has 0 fully saturated rings. The molecule has 0 bridgehead atoms. The highest BCUT2D eigenvalue weighted by molar-refractivity contribution is 9.09. The molecule has 0 aliphatic heterocycles. The Labute approximate surface area is 855 Å². The van der Waals surface area contributed by atoms with E-state index in [2.05, 4.69) is 25.4 Å². The summed E-state index contributed by atoms with van der Waals surface area (Å²) < 4.78 is 198. The Morgan fingerprint density at radius 2 is 0.454 bits per heavy atom. The van der Waals surface area contributed by atoms with E-state index in [1.54, 1.807) is 135 Å². The topological polar surface area (TPSA) is 740 Å². The number of aliphatic hydroxyl groups is 5. The summed E-state index contributed by atoms with van der Waals surface area (Å²) >= 11 is 12.9. The third-order valence-electron chi connectivity index (χ3n) is 11.1. The van der Waals surface area contributed by atoms with Gasteiger partial charge in [-0.05, 0) is 198 Å². The first kappa shape index (κ1) is 172. The van der Waals surface area contributed by atoms with Crippen molar-refractivity contribution in [1.82, 2.24) is 0 Å². The highest BCUT2D eigenvalue weighted by atomic mass is 79.9. The first-order valence-electron chi connectivity index (χ1n) is 43.2. The molecule has 0 spiro atoms. The largest absolute Gasteiger partial charge is 0.466 e. The molecule has 12 N–H and O–H groups in total. The molecule has 0 aromatic carbocycles. The number of esters is 9. The van der Waals surface area contributed by atoms with Crippen molar-refractivity contribution < 1.29 is 227 Å². The van der Waals surface area contributed by atoms with Crippen molar-refractivity contribution in [3.63, 3.8) is 0 Å². The van der Waals surface area contributed by atoms with E-state index < -0.39 is 196 Å². The standard InChI is InChI=1S/C15H29O7P.C13H25O9P.C13H25O7P.C7H14O3.C6H11BrO2.C6H12O4.4C3H9OP.C2H7O2P.CH3Cl2OP.3CH5O3P/c1-6-8-10-19-14(16)12(3)21-23(5,18)22-13(4)15(17)20-11-9-7-2;1-4-19-12(16)10(6-14)8-21-23(3,18)22-9-11(7-15)13(17)20-5-2;1-6-17-12(14)10(3)8-19-21(5,16)20-9-11(4)13(15)18-7-2;1-3-4-5-10-7(9)6(2)8;1-3-9-6(8)5(2)4-7;1-2-10-6(9)5(3-7)4-8;9*1-5(2,3)4/h12-13H,6-11H2,1-5H3;10-11,14-15H,4-9H2,1-3H3;10-11H,6-9H2,1-5H3;6,8H,3-5H2,1-2H3;5H,3-4H2,1-2H3;5,7-8H,2-4H2,1H3;4*1-3H3;1-2H3,(H,3,4);1H3;3*1H3,(H2,2,3,4). The molecule has 0 aromatic heterocycles. The van der Waals surface area contributed by atoms with E-state index in [0.29, 0.717) is 18.5 Å². The molecule has 8 unspecified atom stereocenters. The van der Waals surface area contributed by atoms with Crippen LogP contribution in [0.5, 0.6) is 0 Å². The van der Waals surface area contributed by atoms with Gasteiger partial charge in [0.15, 0.2) is 19.6 Å². The van der Waals surface area contributed by atoms with Crippen LogP contribution < -0.4 is 0 Å². The fraction of sp³-hybridized carbons (Fsp3) is 0.885. The second-order valence-corrected chi connectivity index (χ2v) is 67.8. The fourth-order valence-corrected chi connectivity index (χ4v) is 9.12. The third kappa shape index (κ3) is 207. The predicted octanol–water partition coefficient (Wildman–Crippen LogP) is 14.3. The van der Waals surface area contributed by atoms with Crippen molar-refractivity contribution in [2.24, 2.45) is 35.5 Å². The number of halogens is 3. The van der Waals surface area contributed by atoms with Gasteiger partial charge in [-0.15, -0.1) is 0 Å². The number of unbranched alkanes of at least 4 members (excludes halogenated alkanes) is 3. The Kier molecular flexibility index (Phi) is 120. The van der Waals surface area contributed by atoms with Gasteiger partial charge in [0.2, 0.25) is 5.85 Å². The maximum Gasteiger partial charge on any atom is 0.335 e. The van der Waals surface area contributed by atoms with Crippen LogP contribution in [-0.2, 0) is 168 Å². The van der Waals surface area contributed by atoms with Crippen LogP contribution in [-0.4, -0.2) is 389 Å². The van der Waals surface area contributed by atoms with Crippen LogP contribution in [0.25, 0.3) is 0 Å². The molecular formula is C78H177BrCl2O48P12. The molecule has 858 valence electrons. The second kappa shape index (κ2) is 97.8. The Morgan fingerprint density at radius 3 is 0.624 bits per heavy atom. The summed E-state index contributed by atoms with van der Waals surface area (Å²) in [7, 11) is -30.6. The number of ether oxygens (including phenoxy) is 9. The van der Waals surface area contributed by atoms with Gasteiger partial charge in [-0.2, -0.15) is 0 Å². The van der Waals surface area contributed by atoms with Gasteiger partial charge in [0, 0.05) is 65.3 Å². The van der Waals surface area contributed by atoms with Crippen molar-refractivity contribution >= 4 is 179 Å². The average Bonchev–Trinajstić information content (AvgIpc) is 0.874. The molecule has 0 aliphatic carbocycles. The Balaban J connectivity index is -0.0000000971. The summed E-state index contributed by atoms with van der Waals surface area (Å²) in [6.45, 7) is 56.3. The summed E-state index contributed by atoms with van der Waals surface area (Å²) in [5.74, 6) is -11.1. The van der Waals surface area contributed by atoms with E-state index in [1.807, 2.05) is 27.7 Å². The maximum atomic E-state index is 12.2. The Hall–Kier alpha value is -1.67. The normalized spacial score (nSPS) is 14.0. The lowest BCUT2D eigenvalue weighted by Crippen LogP contribution is -2.27. The van der Waals surface area contributed by atoms with Crippen molar-refractivity contribution in [2.75, 3.05) is 258 Å². The van der Waals surface area contributed by atoms with Gasteiger partial charge >= 0.3 is 99.3 Å². The average molecular weight is 2410 g/mol. The number of aliphatic hydroxyl groups excluding tert-OH is 5. The highest BCUT2D eigenvalue weighted by Crippen LogP contribution is 2.52. The van der Waals surface area contributed by atoms with Gasteiger partial charge in [-0.3, -0.25) is 74.3 Å². The lowest BCUT2D eigenvalue weighted by Gasteiger charge is -2.21. The molecular weight excluding hydrogens is 2230 g/mol. The summed E-state index contributed by atoms with van der Waals surface area (Å²) in [6.07, 6.45) is 2.09. The summed E-state index contributed by atoms with van der Waals surface area (Å²) in [5.41, 5.74) is 0. The van der Waals surface area contributed by atoms with Gasteiger partial charge in [0.1, 0.15) is 23.9 Å². The summed E-state index contributed by atoms with van der Waals surface area (Å²) in [5, 5.41) is 44.4. The molecule has 0 rings (SSSR count). The molecule has 141 heavy (non-hydrogen) atoms. The minimum absolute atomic E-state index is 0.0232. The van der Waals surface area contributed by atoms with Gasteiger partial charge in [-0.1, -0.05) is 62.9 Å². The van der Waals surface area contributed by atoms with Gasteiger partial charge in [0.05, 0.1) is 159 Å². The lowest BCUT2D eigenvalue weighted by molar-refractivity contribution is -0.154. The molecule has 0 radical (unpaired) electrons. The van der Waals surface area contributed by atoms with Crippen LogP contribution in [0, 0.1) is 35.5 Å². The first-order chi connectivity index (χ1) is 62.9. The summed E-state index contributed by atoms with van der Waals surface area (Å²) in [4.78, 5) is 155. The lowest BCUT2D eigenvalue weighted by atomic mass is 10.2. The monoisotopic (exact) mass is 2400 g/mol. The van der Waals surface area contributed by atoms with Crippen molar-refractivity contribution in [1.29, 1.82) is 0 Å². The molecule has 63 heteroatoms. The zero-order valence-electron chi connectivity index (χ0n) is 89.2. The van der Waals surface area contributed by atoms with Gasteiger partial charge in [0.25, 0.3) is 0 Å². The van der Waals surface area contributed by atoms with Crippen molar-refractivity contribution in [3.8, 4) is 0 Å². The maximum absolute atomic E-state index is 12.2. The van der Waals surface area contributed by atoms with Crippen LogP contribution >= 0.6 is 126 Å². The van der Waals surface area contributed by atoms with Crippen molar-refractivity contribution in [2.45, 2.75) is 161 Å². The SMILES string of the molecule is CCCCOC(=O)C(C)O.CCCCOC(=O)C(C)OP(C)(=O)OC(C)C(=O)OCCCC.CCOC(=O)C(C)CBr.CCOC(=O)C(C)COP(C)(=O)OCC(C)C(=O)OCC.CCOC(=O)C(CO)CO.CCOC(=O)C(CO)COP(C)(=O)OCC(CO)C(=O)OCC.CP(=O)(Cl)Cl.CP(=O)(O)O.CP(=O)(O)O.CP(=O)(O)O.CP(C)(=O)O.CP(C)(C)=O.CP(C)(C)=O.CP(C)(C)=O.CP(C)(C)=O. The number of carbonyl (C=O) groups is 9. The zero-order valence-corrected chi connectivity index (χ0v) is 103. The molecule has 0 aliphatic rings. The third-order valence-corrected chi connectivity index (χ3v) is 16.0. The van der Waals surface area contributed by atoms with E-state index in [0.717, 1.165) is 65.2 Å². The van der Waals surface area contributed by atoms with E-state index in [4.69, 9.17) is 143 Å². The summed E-state index contributed by atoms with van der Waals surface area (Å²) in [6, 6.07) is 0. The minimum atomic E-state index is -3.64. The van der Waals surface area contributed by atoms with Gasteiger partial charge < -0.3 is 139 Å². The molecule has 48 nitrogen and oxygen atoms in total. The van der Waals surface area contributed by atoms with E-state index >= 15 is 0 Å². The highest BCUT2D eigenvalue weighted by Gasteiger charge is 2.33. The van der Waals surface area contributed by atoms with Crippen LogP contribution in [0.15, 0.2) is 0 Å². The van der Waals surface area contributed by atoms with Crippen LogP contribution in [0.4, 0.5) is 0 Å². The first-order valence-corrected chi connectivity index (χ1v) is 75.2. The van der Waals surface area contributed by atoms with E-state index in [-0.39, 0.29) is 97.8 Å². The molecule has 0 saturated heterocycles. The fourth-order valence-electron chi connectivity index (χ4n) is 5.44. The van der Waals surface area contributed by atoms with Crippen LogP contribution in [0.3, 0.4) is 0 Å². The number of hydrogen-bond donors (Lipinski definition) is 12. The van der Waals surface area contributed by atoms with Crippen LogP contribution in [0.2, 0.25) is 0 Å². The smallest absolute Gasteiger partial charge is 0.335 e. The van der Waals surface area contributed by atoms with Gasteiger partial charge in [-0.25, -0.2) is 14.4 Å². The minimum Gasteiger partial charge on any atom is -0.466 e. The van der Waals surface area contributed by atoms with E-state index in [1.165, 1.54) is 54.1 Å². The van der Waals surface area contributed by atoms with Crippen LogP contribution in [0.1, 0.15) is 142 Å². The quantitative estimate of drug-likeness (QED) is 0.00885. The number of carbonyl (C=O) groups excluding carboxylic acids is 9. The Bertz CT molecular complexity index is 3370. The second-order valence-electron chi connectivity index (χ2n) is 32.5. The predicted molar refractivity (Wildman–Crippen MR) is 557 cm³/mol. The number of rotatable bonds is 45. The molecule has 0 saturated carbocycles.